The van der Waals surface area contributed by atoms with Crippen LogP contribution in [0.2, 0.25) is 5.02 Å². The van der Waals surface area contributed by atoms with Crippen LogP contribution >= 0.6 is 11.6 Å². The van der Waals surface area contributed by atoms with Gasteiger partial charge in [0.05, 0.1) is 23.7 Å². The summed E-state index contributed by atoms with van der Waals surface area (Å²) < 4.78 is 33.4. The number of hydrogen-bond acceptors (Lipinski definition) is 4. The van der Waals surface area contributed by atoms with Crippen LogP contribution in [0.25, 0.3) is 0 Å². The minimum atomic E-state index is -4.02. The Morgan fingerprint density at radius 2 is 1.67 bits per heavy atom. The van der Waals surface area contributed by atoms with Crippen LogP contribution in [0.5, 0.6) is 5.75 Å². The van der Waals surface area contributed by atoms with E-state index in [1.165, 1.54) is 12.1 Å². The second-order valence-electron chi connectivity index (χ2n) is 7.82. The van der Waals surface area contributed by atoms with Gasteiger partial charge in [-0.1, -0.05) is 47.5 Å². The molecule has 0 aliphatic carbocycles. The van der Waals surface area contributed by atoms with Crippen LogP contribution in [-0.2, 0) is 14.8 Å². The predicted octanol–water partition coefficient (Wildman–Crippen LogP) is 5.04. The van der Waals surface area contributed by atoms with Crippen molar-refractivity contribution in [1.82, 2.24) is 5.32 Å². The smallest absolute Gasteiger partial charge is 0.264 e. The van der Waals surface area contributed by atoms with Crippen LogP contribution in [0.1, 0.15) is 29.7 Å². The molecule has 0 aliphatic heterocycles. The van der Waals surface area contributed by atoms with Crippen molar-refractivity contribution >= 4 is 33.2 Å². The molecule has 3 aromatic carbocycles. The van der Waals surface area contributed by atoms with E-state index in [9.17, 15) is 13.2 Å². The highest BCUT2D eigenvalue weighted by molar-refractivity contribution is 7.92. The number of halogens is 1. The zero-order valence-electron chi connectivity index (χ0n) is 19.0. The number of carbonyl (C=O) groups excluding carboxylic acids is 1. The number of sulfonamides is 1. The number of nitrogens with zero attached hydrogens (tertiary/aromatic N) is 1. The van der Waals surface area contributed by atoms with Crippen molar-refractivity contribution in [2.75, 3.05) is 18.0 Å². The Bertz CT molecular complexity index is 1230. The van der Waals surface area contributed by atoms with Crippen molar-refractivity contribution in [3.05, 3.63) is 88.4 Å². The summed E-state index contributed by atoms with van der Waals surface area (Å²) in [6.07, 6.45) is 0. The van der Waals surface area contributed by atoms with Gasteiger partial charge in [-0.25, -0.2) is 8.42 Å². The van der Waals surface area contributed by atoms with Crippen molar-refractivity contribution in [3.63, 3.8) is 0 Å². The topological polar surface area (TPSA) is 75.7 Å². The molecule has 1 N–H and O–H groups in total. The first-order valence-electron chi connectivity index (χ1n) is 10.4. The Hall–Kier alpha value is -3.03. The highest BCUT2D eigenvalue weighted by atomic mass is 35.5. The number of hydrogen-bond donors (Lipinski definition) is 1. The van der Waals surface area contributed by atoms with E-state index in [0.717, 1.165) is 15.4 Å². The lowest BCUT2D eigenvalue weighted by Gasteiger charge is -2.26. The van der Waals surface area contributed by atoms with Gasteiger partial charge in [0.25, 0.3) is 10.0 Å². The predicted molar refractivity (Wildman–Crippen MR) is 131 cm³/mol. The zero-order valence-corrected chi connectivity index (χ0v) is 20.6. The molecule has 0 aromatic heterocycles. The third-order valence-electron chi connectivity index (χ3n) is 5.33. The minimum absolute atomic E-state index is 0.100. The molecular weight excluding hydrogens is 460 g/mol. The third-order valence-corrected chi connectivity index (χ3v) is 7.34. The summed E-state index contributed by atoms with van der Waals surface area (Å²) in [5.41, 5.74) is 2.85. The molecule has 3 rings (SSSR count). The SMILES string of the molecule is COc1ccc([C@@H](C)NC(=O)CN(c2cc(Cl)ccc2C)S(=O)(=O)c2ccc(C)cc2)cc1. The number of anilines is 1. The first kappa shape index (κ1) is 24.6. The molecule has 0 saturated heterocycles. The Balaban J connectivity index is 1.91. The number of aryl methyl sites for hydroxylation is 2. The molecule has 0 radical (unpaired) electrons. The van der Waals surface area contributed by atoms with Crippen molar-refractivity contribution in [1.29, 1.82) is 0 Å². The molecule has 0 bridgehead atoms. The van der Waals surface area contributed by atoms with Gasteiger partial charge in [-0.3, -0.25) is 9.10 Å². The first-order chi connectivity index (χ1) is 15.6. The van der Waals surface area contributed by atoms with Crippen LogP contribution in [0.3, 0.4) is 0 Å². The Morgan fingerprint density at radius 3 is 2.27 bits per heavy atom. The zero-order chi connectivity index (χ0) is 24.2. The van der Waals surface area contributed by atoms with E-state index < -0.39 is 22.5 Å². The second-order valence-corrected chi connectivity index (χ2v) is 10.1. The molecule has 1 atom stereocenters. The van der Waals surface area contributed by atoms with Gasteiger partial charge in [0.2, 0.25) is 5.91 Å². The summed E-state index contributed by atoms with van der Waals surface area (Å²) in [6, 6.07) is 18.5. The summed E-state index contributed by atoms with van der Waals surface area (Å²) in [7, 11) is -2.43. The molecule has 0 saturated carbocycles. The molecule has 0 aliphatic rings. The summed E-state index contributed by atoms with van der Waals surface area (Å²) in [4.78, 5) is 13.1. The van der Waals surface area contributed by atoms with Crippen molar-refractivity contribution in [2.24, 2.45) is 0 Å². The van der Waals surface area contributed by atoms with Gasteiger partial charge in [-0.05, 0) is 68.3 Å². The number of ether oxygens (including phenoxy) is 1. The molecular formula is C25H27ClN2O4S. The van der Waals surface area contributed by atoms with E-state index in [1.807, 2.05) is 38.1 Å². The van der Waals surface area contributed by atoms with Crippen LogP contribution in [0, 0.1) is 13.8 Å². The molecule has 0 heterocycles. The van der Waals surface area contributed by atoms with Crippen LogP contribution in [0.4, 0.5) is 5.69 Å². The maximum Gasteiger partial charge on any atom is 0.264 e. The average molecular weight is 487 g/mol. The number of methoxy groups -OCH3 is 1. The van der Waals surface area contributed by atoms with Gasteiger partial charge >= 0.3 is 0 Å². The van der Waals surface area contributed by atoms with Gasteiger partial charge in [0.15, 0.2) is 0 Å². The van der Waals surface area contributed by atoms with Crippen LogP contribution in [0.15, 0.2) is 71.6 Å². The van der Waals surface area contributed by atoms with Crippen molar-refractivity contribution in [3.8, 4) is 5.75 Å². The van der Waals surface area contributed by atoms with E-state index in [0.29, 0.717) is 22.0 Å². The van der Waals surface area contributed by atoms with Crippen LogP contribution in [-0.4, -0.2) is 28.0 Å². The lowest BCUT2D eigenvalue weighted by atomic mass is 10.1. The molecule has 1 amide bonds. The maximum atomic E-state index is 13.6. The lowest BCUT2D eigenvalue weighted by molar-refractivity contribution is -0.120. The summed E-state index contributed by atoms with van der Waals surface area (Å²) >= 11 is 6.17. The summed E-state index contributed by atoms with van der Waals surface area (Å²) in [5.74, 6) is 0.275. The van der Waals surface area contributed by atoms with Gasteiger partial charge in [-0.2, -0.15) is 0 Å². The fraction of sp³-hybridized carbons (Fsp3) is 0.240. The van der Waals surface area contributed by atoms with E-state index in [-0.39, 0.29) is 10.9 Å². The molecule has 6 nitrogen and oxygen atoms in total. The van der Waals surface area contributed by atoms with Gasteiger partial charge in [0, 0.05) is 5.02 Å². The second kappa shape index (κ2) is 10.3. The Morgan fingerprint density at radius 1 is 1.03 bits per heavy atom. The van der Waals surface area contributed by atoms with Crippen LogP contribution < -0.4 is 14.4 Å². The van der Waals surface area contributed by atoms with E-state index in [2.05, 4.69) is 5.32 Å². The van der Waals surface area contributed by atoms with Gasteiger partial charge in [-0.15, -0.1) is 0 Å². The molecule has 33 heavy (non-hydrogen) atoms. The fourth-order valence-electron chi connectivity index (χ4n) is 3.38. The largest absolute Gasteiger partial charge is 0.497 e. The molecule has 0 unspecified atom stereocenters. The normalized spacial score (nSPS) is 12.2. The number of nitrogens with one attached hydrogen (secondary N) is 1. The first-order valence-corrected chi connectivity index (χ1v) is 12.2. The fourth-order valence-corrected chi connectivity index (χ4v) is 5.03. The lowest BCUT2D eigenvalue weighted by Crippen LogP contribution is -2.42. The minimum Gasteiger partial charge on any atom is -0.497 e. The summed E-state index contributed by atoms with van der Waals surface area (Å²) in [5, 5.41) is 3.26. The third kappa shape index (κ3) is 5.86. The number of benzene rings is 3. The van der Waals surface area contributed by atoms with E-state index in [4.69, 9.17) is 16.3 Å². The van der Waals surface area contributed by atoms with Crippen molar-refractivity contribution < 1.29 is 17.9 Å². The molecule has 174 valence electrons. The Kier molecular flexibility index (Phi) is 7.66. The monoisotopic (exact) mass is 486 g/mol. The Labute approximate surface area is 200 Å². The number of rotatable bonds is 8. The number of amides is 1. The molecule has 0 spiro atoms. The van der Waals surface area contributed by atoms with E-state index in [1.54, 1.807) is 44.4 Å². The maximum absolute atomic E-state index is 13.6. The molecule has 8 heteroatoms. The van der Waals surface area contributed by atoms with E-state index >= 15 is 0 Å². The number of carbonyl (C=O) groups is 1. The molecule has 0 fully saturated rings. The standard InChI is InChI=1S/C25H27ClN2O4S/c1-17-5-13-23(14-6-17)33(30,31)28(24-15-21(26)10-7-18(24)2)16-25(29)27-19(3)20-8-11-22(32-4)12-9-20/h5-15,19H,16H2,1-4H3,(H,27,29)/t19-/m1/s1. The van der Waals surface area contributed by atoms with Gasteiger partial charge < -0.3 is 10.1 Å². The van der Waals surface area contributed by atoms with Gasteiger partial charge in [0.1, 0.15) is 12.3 Å². The quantitative estimate of drug-likeness (QED) is 0.484. The highest BCUT2D eigenvalue weighted by Crippen LogP contribution is 2.29. The highest BCUT2D eigenvalue weighted by Gasteiger charge is 2.29. The average Bonchev–Trinajstić information content (AvgIpc) is 2.79. The van der Waals surface area contributed by atoms with Crippen molar-refractivity contribution in [2.45, 2.75) is 31.7 Å². The molecule has 3 aromatic rings. The summed E-state index contributed by atoms with van der Waals surface area (Å²) in [6.45, 7) is 5.10.